The molecule has 0 aromatic heterocycles. The second kappa shape index (κ2) is 13.4. The summed E-state index contributed by atoms with van der Waals surface area (Å²) in [6.07, 6.45) is 0. The summed E-state index contributed by atoms with van der Waals surface area (Å²) in [7, 11) is 4.09. The number of likely N-dealkylation sites (N-methyl/N-ethyl adjacent to an activating group) is 1. The molecule has 0 bridgehead atoms. The molecule has 2 N–H and O–H groups in total. The highest BCUT2D eigenvalue weighted by Crippen LogP contribution is 2.13. The molecular weight excluding hydrogens is 463 g/mol. The number of rotatable bonds is 9. The van der Waals surface area contributed by atoms with E-state index in [-0.39, 0.29) is 24.0 Å². The number of nitrogens with one attached hydrogen (secondary N) is 2. The number of ether oxygens (including phenoxy) is 1. The van der Waals surface area contributed by atoms with Crippen LogP contribution >= 0.6 is 24.0 Å². The minimum atomic E-state index is 0. The number of hydrogen-bond donors (Lipinski definition) is 2. The summed E-state index contributed by atoms with van der Waals surface area (Å²) in [6.45, 7) is 7.94. The zero-order valence-corrected chi connectivity index (χ0v) is 19.7. The molecule has 0 unspecified atom stereocenters. The third-order valence-corrected chi connectivity index (χ3v) is 4.01. The van der Waals surface area contributed by atoms with Gasteiger partial charge in [0.2, 0.25) is 0 Å². The van der Waals surface area contributed by atoms with Crippen LogP contribution in [0.2, 0.25) is 0 Å². The first-order valence-electron chi connectivity index (χ1n) is 9.51. The van der Waals surface area contributed by atoms with Gasteiger partial charge in [0.05, 0.1) is 6.54 Å². The first-order chi connectivity index (χ1) is 13.1. The Kier molecular flexibility index (Phi) is 11.6. The van der Waals surface area contributed by atoms with Crippen LogP contribution in [0.4, 0.5) is 0 Å². The van der Waals surface area contributed by atoms with Crippen LogP contribution in [0, 0.1) is 6.92 Å². The van der Waals surface area contributed by atoms with E-state index in [1.165, 1.54) is 16.7 Å². The van der Waals surface area contributed by atoms with Crippen molar-refractivity contribution in [2.45, 2.75) is 26.9 Å². The average Bonchev–Trinajstić information content (AvgIpc) is 2.64. The van der Waals surface area contributed by atoms with Gasteiger partial charge in [0.1, 0.15) is 12.4 Å². The molecule has 2 rings (SSSR count). The fourth-order valence-electron chi connectivity index (χ4n) is 2.60. The molecular formula is C22H33IN4O. The average molecular weight is 496 g/mol. The summed E-state index contributed by atoms with van der Waals surface area (Å²) in [6, 6.07) is 16.6. The van der Waals surface area contributed by atoms with Gasteiger partial charge >= 0.3 is 0 Å². The van der Waals surface area contributed by atoms with Gasteiger partial charge in [0.25, 0.3) is 0 Å². The highest BCUT2D eigenvalue weighted by atomic mass is 127. The van der Waals surface area contributed by atoms with Crippen molar-refractivity contribution in [2.24, 2.45) is 4.99 Å². The van der Waals surface area contributed by atoms with E-state index in [2.05, 4.69) is 70.8 Å². The van der Waals surface area contributed by atoms with Crippen molar-refractivity contribution in [3.8, 4) is 5.75 Å². The molecule has 0 aliphatic heterocycles. The van der Waals surface area contributed by atoms with Gasteiger partial charge in [-0.3, -0.25) is 0 Å². The van der Waals surface area contributed by atoms with Crippen LogP contribution in [0.25, 0.3) is 0 Å². The zero-order chi connectivity index (χ0) is 19.5. The molecule has 0 fully saturated rings. The van der Waals surface area contributed by atoms with Gasteiger partial charge < -0.3 is 20.3 Å². The number of hydrogen-bond acceptors (Lipinski definition) is 3. The lowest BCUT2D eigenvalue weighted by Crippen LogP contribution is -2.36. The first-order valence-corrected chi connectivity index (χ1v) is 9.51. The number of aliphatic imine (C=N–C) groups is 1. The monoisotopic (exact) mass is 496 g/mol. The highest BCUT2D eigenvalue weighted by Gasteiger charge is 2.01. The summed E-state index contributed by atoms with van der Waals surface area (Å²) in [4.78, 5) is 6.80. The van der Waals surface area contributed by atoms with E-state index >= 15 is 0 Å². The van der Waals surface area contributed by atoms with Crippen molar-refractivity contribution >= 4 is 29.9 Å². The second-order valence-corrected chi connectivity index (χ2v) is 6.84. The maximum Gasteiger partial charge on any atom is 0.191 e. The Morgan fingerprint density at radius 3 is 2.50 bits per heavy atom. The number of benzene rings is 2. The van der Waals surface area contributed by atoms with Crippen LogP contribution < -0.4 is 15.4 Å². The Morgan fingerprint density at radius 1 is 1.04 bits per heavy atom. The molecule has 28 heavy (non-hydrogen) atoms. The molecule has 0 heterocycles. The largest absolute Gasteiger partial charge is 0.492 e. The first kappa shape index (κ1) is 24.2. The van der Waals surface area contributed by atoms with Crippen LogP contribution in [0.3, 0.4) is 0 Å². The summed E-state index contributed by atoms with van der Waals surface area (Å²) < 4.78 is 5.81. The predicted molar refractivity (Wildman–Crippen MR) is 129 cm³/mol. The maximum atomic E-state index is 5.81. The standard InChI is InChI=1S/C22H32N4O.HI/c1-5-23-22(24-16-19-9-6-8-18(2)14-19)25-17-20-10-7-11-21(15-20)27-13-12-26(3)4;/h6-11,14-15H,5,12-13,16-17H2,1-4H3,(H2,23,24,25);1H. The number of guanidine groups is 1. The van der Waals surface area contributed by atoms with Gasteiger partial charge in [-0.2, -0.15) is 0 Å². The number of nitrogens with zero attached hydrogens (tertiary/aromatic N) is 2. The smallest absolute Gasteiger partial charge is 0.191 e. The van der Waals surface area contributed by atoms with E-state index in [1.54, 1.807) is 0 Å². The van der Waals surface area contributed by atoms with Crippen molar-refractivity contribution in [1.82, 2.24) is 15.5 Å². The van der Waals surface area contributed by atoms with E-state index in [0.29, 0.717) is 19.7 Å². The molecule has 0 saturated carbocycles. The van der Waals surface area contributed by atoms with E-state index in [9.17, 15) is 0 Å². The van der Waals surface area contributed by atoms with E-state index in [0.717, 1.165) is 24.8 Å². The quantitative estimate of drug-likeness (QED) is 0.315. The molecule has 6 heteroatoms. The van der Waals surface area contributed by atoms with E-state index in [4.69, 9.17) is 4.74 Å². The third-order valence-electron chi connectivity index (χ3n) is 4.01. The third kappa shape index (κ3) is 9.41. The van der Waals surface area contributed by atoms with Gasteiger partial charge in [-0.05, 0) is 51.2 Å². The lowest BCUT2D eigenvalue weighted by atomic mass is 10.1. The molecule has 0 amide bonds. The summed E-state index contributed by atoms with van der Waals surface area (Å²) >= 11 is 0. The normalized spacial score (nSPS) is 11.1. The Morgan fingerprint density at radius 2 is 1.79 bits per heavy atom. The van der Waals surface area contributed by atoms with Gasteiger partial charge in [0.15, 0.2) is 5.96 Å². The van der Waals surface area contributed by atoms with Gasteiger partial charge in [-0.1, -0.05) is 42.0 Å². The summed E-state index contributed by atoms with van der Waals surface area (Å²) in [5.41, 5.74) is 3.63. The minimum absolute atomic E-state index is 0. The molecule has 154 valence electrons. The SMILES string of the molecule is CCNC(=NCc1cccc(C)c1)NCc1cccc(OCCN(C)C)c1.I. The Labute approximate surface area is 186 Å². The van der Waals surface area contributed by atoms with Crippen LogP contribution in [0.1, 0.15) is 23.6 Å². The summed E-state index contributed by atoms with van der Waals surface area (Å²) in [5.74, 6) is 1.72. The van der Waals surface area contributed by atoms with Gasteiger partial charge in [0, 0.05) is 19.6 Å². The van der Waals surface area contributed by atoms with Crippen LogP contribution in [0.5, 0.6) is 5.75 Å². The molecule has 0 radical (unpaired) electrons. The predicted octanol–water partition coefficient (Wildman–Crippen LogP) is 3.81. The Balaban J connectivity index is 0.00000392. The van der Waals surface area contributed by atoms with Crippen LogP contribution in [-0.4, -0.2) is 44.7 Å². The fourth-order valence-corrected chi connectivity index (χ4v) is 2.60. The lowest BCUT2D eigenvalue weighted by molar-refractivity contribution is 0.261. The lowest BCUT2D eigenvalue weighted by Gasteiger charge is -2.13. The Bertz CT molecular complexity index is 734. The molecule has 2 aromatic carbocycles. The molecule has 2 aromatic rings. The maximum absolute atomic E-state index is 5.81. The van der Waals surface area contributed by atoms with Crippen molar-refractivity contribution in [2.75, 3.05) is 33.8 Å². The van der Waals surface area contributed by atoms with Crippen molar-refractivity contribution in [3.05, 3.63) is 65.2 Å². The minimum Gasteiger partial charge on any atom is -0.492 e. The Hall–Kier alpha value is -1.80. The van der Waals surface area contributed by atoms with Crippen LogP contribution in [-0.2, 0) is 13.1 Å². The molecule has 0 atom stereocenters. The van der Waals surface area contributed by atoms with Crippen LogP contribution in [0.15, 0.2) is 53.5 Å². The second-order valence-electron chi connectivity index (χ2n) is 6.84. The number of halogens is 1. The van der Waals surface area contributed by atoms with Gasteiger partial charge in [-0.25, -0.2) is 4.99 Å². The van der Waals surface area contributed by atoms with Crippen molar-refractivity contribution in [1.29, 1.82) is 0 Å². The van der Waals surface area contributed by atoms with Crippen molar-refractivity contribution in [3.63, 3.8) is 0 Å². The number of aryl methyl sites for hydroxylation is 1. The molecule has 5 nitrogen and oxygen atoms in total. The van der Waals surface area contributed by atoms with Crippen molar-refractivity contribution < 1.29 is 4.74 Å². The molecule has 0 spiro atoms. The fraction of sp³-hybridized carbons (Fsp3) is 0.409. The van der Waals surface area contributed by atoms with E-state index in [1.807, 2.05) is 26.2 Å². The van der Waals surface area contributed by atoms with Gasteiger partial charge in [-0.15, -0.1) is 24.0 Å². The topological polar surface area (TPSA) is 48.9 Å². The van der Waals surface area contributed by atoms with E-state index < -0.39 is 0 Å². The molecule has 0 aliphatic rings. The molecule has 0 saturated heterocycles. The zero-order valence-electron chi connectivity index (χ0n) is 17.4. The highest BCUT2D eigenvalue weighted by molar-refractivity contribution is 14.0. The molecule has 0 aliphatic carbocycles. The summed E-state index contributed by atoms with van der Waals surface area (Å²) in [5, 5.41) is 6.70.